The van der Waals surface area contributed by atoms with Gasteiger partial charge in [0.05, 0.1) is 0 Å². The molecule has 1 heterocycles. The molecule has 4 nitrogen and oxygen atoms in total. The van der Waals surface area contributed by atoms with Gasteiger partial charge in [-0.25, -0.2) is 0 Å². The predicted octanol–water partition coefficient (Wildman–Crippen LogP) is 2.71. The Morgan fingerprint density at radius 1 is 1.43 bits per heavy atom. The Bertz CT molecular complexity index is 456. The van der Waals surface area contributed by atoms with E-state index in [1.807, 2.05) is 12.1 Å². The zero-order valence-corrected chi connectivity index (χ0v) is 13.1. The number of carbonyl (C=O) groups excluding carboxylic acids is 1. The van der Waals surface area contributed by atoms with E-state index in [1.54, 1.807) is 12.1 Å². The van der Waals surface area contributed by atoms with Crippen LogP contribution in [0.3, 0.4) is 0 Å². The van der Waals surface area contributed by atoms with Gasteiger partial charge < -0.3 is 16.0 Å². The minimum Gasteiger partial charge on any atom is -0.382 e. The average molecular weight is 289 g/mol. The minimum atomic E-state index is -0.378. The smallest absolute Gasteiger partial charge is 0.248 e. The molecular formula is C17H27N3O. The maximum atomic E-state index is 11.1. The number of amides is 1. The normalized spacial score (nSPS) is 21.0. The summed E-state index contributed by atoms with van der Waals surface area (Å²) in [5.41, 5.74) is 6.87. The van der Waals surface area contributed by atoms with Gasteiger partial charge in [0.1, 0.15) is 0 Å². The maximum Gasteiger partial charge on any atom is 0.248 e. The van der Waals surface area contributed by atoms with Crippen molar-refractivity contribution >= 4 is 11.6 Å². The third-order valence-electron chi connectivity index (χ3n) is 4.35. The summed E-state index contributed by atoms with van der Waals surface area (Å²) in [6.45, 7) is 8.12. The Morgan fingerprint density at radius 2 is 2.14 bits per heavy atom. The molecule has 2 atom stereocenters. The van der Waals surface area contributed by atoms with E-state index in [4.69, 9.17) is 5.73 Å². The minimum absolute atomic E-state index is 0.378. The van der Waals surface area contributed by atoms with Crippen LogP contribution < -0.4 is 11.1 Å². The maximum absolute atomic E-state index is 11.1. The first-order valence-electron chi connectivity index (χ1n) is 7.99. The molecule has 1 aliphatic heterocycles. The number of benzene rings is 1. The summed E-state index contributed by atoms with van der Waals surface area (Å²) in [5.74, 6) is 0.304. The monoisotopic (exact) mass is 289 g/mol. The lowest BCUT2D eigenvalue weighted by molar-refractivity contribution is 0.100. The van der Waals surface area contributed by atoms with E-state index in [1.165, 1.54) is 38.9 Å². The van der Waals surface area contributed by atoms with Crippen LogP contribution in [0.15, 0.2) is 24.3 Å². The van der Waals surface area contributed by atoms with Gasteiger partial charge in [0.15, 0.2) is 0 Å². The Kier molecular flexibility index (Phi) is 5.62. The lowest BCUT2D eigenvalue weighted by Crippen LogP contribution is -2.42. The van der Waals surface area contributed by atoms with Gasteiger partial charge in [-0.05, 0) is 69.5 Å². The fourth-order valence-electron chi connectivity index (χ4n) is 3.13. The van der Waals surface area contributed by atoms with Gasteiger partial charge in [-0.2, -0.15) is 0 Å². The summed E-state index contributed by atoms with van der Waals surface area (Å²) in [4.78, 5) is 13.6. The first kappa shape index (κ1) is 15.8. The molecule has 1 fully saturated rings. The lowest BCUT2D eigenvalue weighted by atomic mass is 9.91. The molecule has 0 aromatic heterocycles. The molecule has 2 unspecified atom stereocenters. The van der Waals surface area contributed by atoms with Crippen LogP contribution in [0.2, 0.25) is 0 Å². The molecule has 21 heavy (non-hydrogen) atoms. The van der Waals surface area contributed by atoms with E-state index < -0.39 is 0 Å². The summed E-state index contributed by atoms with van der Waals surface area (Å²) >= 11 is 0. The second kappa shape index (κ2) is 7.46. The van der Waals surface area contributed by atoms with E-state index in [-0.39, 0.29) is 5.91 Å². The van der Waals surface area contributed by atoms with Crippen molar-refractivity contribution in [2.24, 2.45) is 11.7 Å². The van der Waals surface area contributed by atoms with Gasteiger partial charge in [-0.1, -0.05) is 6.92 Å². The Morgan fingerprint density at radius 3 is 2.76 bits per heavy atom. The van der Waals surface area contributed by atoms with E-state index in [2.05, 4.69) is 24.1 Å². The molecule has 0 saturated carbocycles. The molecule has 2 rings (SSSR count). The van der Waals surface area contributed by atoms with Crippen molar-refractivity contribution in [3.8, 4) is 0 Å². The number of anilines is 1. The van der Waals surface area contributed by atoms with Crippen molar-refractivity contribution in [2.75, 3.05) is 25.0 Å². The van der Waals surface area contributed by atoms with Crippen molar-refractivity contribution in [1.29, 1.82) is 0 Å². The molecule has 1 amide bonds. The fourth-order valence-corrected chi connectivity index (χ4v) is 3.13. The number of hydrogen-bond donors (Lipinski definition) is 2. The summed E-state index contributed by atoms with van der Waals surface area (Å²) in [7, 11) is 0. The average Bonchev–Trinajstić information content (AvgIpc) is 2.48. The molecule has 0 aliphatic carbocycles. The van der Waals surface area contributed by atoms with Gasteiger partial charge in [0.2, 0.25) is 5.91 Å². The quantitative estimate of drug-likeness (QED) is 0.846. The van der Waals surface area contributed by atoms with E-state index >= 15 is 0 Å². The third kappa shape index (κ3) is 4.46. The van der Waals surface area contributed by atoms with Gasteiger partial charge >= 0.3 is 0 Å². The molecule has 3 N–H and O–H groups in total. The molecule has 116 valence electrons. The number of nitrogens with zero attached hydrogens (tertiary/aromatic N) is 1. The van der Waals surface area contributed by atoms with Gasteiger partial charge in [0.25, 0.3) is 0 Å². The number of nitrogens with one attached hydrogen (secondary N) is 1. The highest BCUT2D eigenvalue weighted by Crippen LogP contribution is 2.22. The number of carbonyl (C=O) groups is 1. The summed E-state index contributed by atoms with van der Waals surface area (Å²) in [5, 5.41) is 3.56. The van der Waals surface area contributed by atoms with Crippen LogP contribution in [0.5, 0.6) is 0 Å². The van der Waals surface area contributed by atoms with Gasteiger partial charge in [-0.15, -0.1) is 0 Å². The second-order valence-corrected chi connectivity index (χ2v) is 6.08. The molecule has 1 aromatic carbocycles. The topological polar surface area (TPSA) is 58.4 Å². The van der Waals surface area contributed by atoms with Crippen LogP contribution in [0.4, 0.5) is 5.69 Å². The Hall–Kier alpha value is -1.55. The predicted molar refractivity (Wildman–Crippen MR) is 87.5 cm³/mol. The SMILES string of the molecule is CCCN1CCCC(C(C)Nc2ccc(C(N)=O)cc2)C1. The van der Waals surface area contributed by atoms with Crippen molar-refractivity contribution in [2.45, 2.75) is 39.2 Å². The molecule has 0 bridgehead atoms. The van der Waals surface area contributed by atoms with Crippen LogP contribution in [-0.4, -0.2) is 36.5 Å². The zero-order valence-electron chi connectivity index (χ0n) is 13.1. The summed E-state index contributed by atoms with van der Waals surface area (Å²) in [6.07, 6.45) is 3.80. The number of rotatable bonds is 6. The number of likely N-dealkylation sites (tertiary alicyclic amines) is 1. The second-order valence-electron chi connectivity index (χ2n) is 6.08. The third-order valence-corrected chi connectivity index (χ3v) is 4.35. The molecule has 1 aliphatic rings. The Balaban J connectivity index is 1.91. The molecule has 0 spiro atoms. The van der Waals surface area contributed by atoms with Crippen molar-refractivity contribution in [3.63, 3.8) is 0 Å². The molecular weight excluding hydrogens is 262 g/mol. The summed E-state index contributed by atoms with van der Waals surface area (Å²) in [6, 6.07) is 7.86. The van der Waals surface area contributed by atoms with E-state index in [9.17, 15) is 4.79 Å². The van der Waals surface area contributed by atoms with Crippen molar-refractivity contribution in [1.82, 2.24) is 4.90 Å². The van der Waals surface area contributed by atoms with Crippen LogP contribution in [0.25, 0.3) is 0 Å². The Labute approximate surface area is 127 Å². The van der Waals surface area contributed by atoms with Gasteiger partial charge in [-0.3, -0.25) is 4.79 Å². The van der Waals surface area contributed by atoms with Crippen LogP contribution in [-0.2, 0) is 0 Å². The molecule has 0 radical (unpaired) electrons. The number of piperidine rings is 1. The van der Waals surface area contributed by atoms with Crippen molar-refractivity contribution < 1.29 is 4.79 Å². The fraction of sp³-hybridized carbons (Fsp3) is 0.588. The van der Waals surface area contributed by atoms with Gasteiger partial charge in [0, 0.05) is 23.8 Å². The number of hydrogen-bond acceptors (Lipinski definition) is 3. The van der Waals surface area contributed by atoms with Crippen LogP contribution in [0, 0.1) is 5.92 Å². The number of nitrogens with two attached hydrogens (primary N) is 1. The zero-order chi connectivity index (χ0) is 15.2. The van der Waals surface area contributed by atoms with Crippen molar-refractivity contribution in [3.05, 3.63) is 29.8 Å². The first-order chi connectivity index (χ1) is 10.1. The van der Waals surface area contributed by atoms with E-state index in [0.29, 0.717) is 17.5 Å². The lowest BCUT2D eigenvalue weighted by Gasteiger charge is -2.36. The number of primary amides is 1. The van der Waals surface area contributed by atoms with Crippen LogP contribution in [0.1, 0.15) is 43.5 Å². The molecule has 1 saturated heterocycles. The molecule has 1 aromatic rings. The highest BCUT2D eigenvalue weighted by Gasteiger charge is 2.24. The van der Waals surface area contributed by atoms with E-state index in [0.717, 1.165) is 5.69 Å². The largest absolute Gasteiger partial charge is 0.382 e. The molecule has 4 heteroatoms. The van der Waals surface area contributed by atoms with Crippen LogP contribution >= 0.6 is 0 Å². The standard InChI is InChI=1S/C17H27N3O/c1-3-10-20-11-4-5-15(12-20)13(2)19-16-8-6-14(7-9-16)17(18)21/h6-9,13,15,19H,3-5,10-12H2,1-2H3,(H2,18,21). The highest BCUT2D eigenvalue weighted by molar-refractivity contribution is 5.93. The first-order valence-corrected chi connectivity index (χ1v) is 7.99. The summed E-state index contributed by atoms with van der Waals surface area (Å²) < 4.78 is 0. The highest BCUT2D eigenvalue weighted by atomic mass is 16.1.